The van der Waals surface area contributed by atoms with Crippen molar-refractivity contribution in [3.63, 3.8) is 0 Å². The molecule has 2 rings (SSSR count). The molecule has 18 heavy (non-hydrogen) atoms. The molecule has 6 heteroatoms. The number of rotatable bonds is 2. The number of likely N-dealkylation sites (tertiary alicyclic amines) is 1. The lowest BCUT2D eigenvalue weighted by atomic mass is 10.2. The lowest BCUT2D eigenvalue weighted by Crippen LogP contribution is -2.32. The quantitative estimate of drug-likeness (QED) is 0.648. The summed E-state index contributed by atoms with van der Waals surface area (Å²) in [5, 5.41) is 0. The van der Waals surface area contributed by atoms with Crippen LogP contribution in [0.1, 0.15) is 36.0 Å². The fraction of sp³-hybridized carbons (Fsp3) is 0.500. The average molecular weight is 313 g/mol. The van der Waals surface area contributed by atoms with E-state index < -0.39 is 0 Å². The molecule has 98 valence electrons. The molecule has 0 saturated carbocycles. The first-order chi connectivity index (χ1) is 8.72. The number of hydrazine groups is 1. The van der Waals surface area contributed by atoms with Crippen molar-refractivity contribution in [2.24, 2.45) is 5.84 Å². The lowest BCUT2D eigenvalue weighted by molar-refractivity contribution is 0.0762. The van der Waals surface area contributed by atoms with Crippen LogP contribution in [-0.2, 0) is 0 Å². The first kappa shape index (κ1) is 13.3. The molecule has 0 unspecified atom stereocenters. The molecule has 2 heterocycles. The predicted octanol–water partition coefficient (Wildman–Crippen LogP) is 2.15. The van der Waals surface area contributed by atoms with Crippen LogP contribution in [0.25, 0.3) is 0 Å². The Labute approximate surface area is 115 Å². The van der Waals surface area contributed by atoms with E-state index in [1.807, 2.05) is 4.90 Å². The Kier molecular flexibility index (Phi) is 4.54. The summed E-state index contributed by atoms with van der Waals surface area (Å²) in [7, 11) is 0. The fourth-order valence-electron chi connectivity index (χ4n) is 2.16. The van der Waals surface area contributed by atoms with Gasteiger partial charge in [0.2, 0.25) is 0 Å². The van der Waals surface area contributed by atoms with Gasteiger partial charge in [-0.05, 0) is 34.8 Å². The fourth-order valence-corrected chi connectivity index (χ4v) is 2.49. The Hall–Kier alpha value is -1.14. The molecule has 0 atom stereocenters. The third kappa shape index (κ3) is 3.00. The minimum atomic E-state index is -0.00125. The van der Waals surface area contributed by atoms with Crippen molar-refractivity contribution in [3.05, 3.63) is 22.3 Å². The van der Waals surface area contributed by atoms with Gasteiger partial charge in [-0.1, -0.05) is 12.8 Å². The van der Waals surface area contributed by atoms with E-state index in [0.717, 1.165) is 30.4 Å². The molecule has 1 aliphatic rings. The van der Waals surface area contributed by atoms with Gasteiger partial charge >= 0.3 is 0 Å². The highest BCUT2D eigenvalue weighted by Gasteiger charge is 2.20. The topological polar surface area (TPSA) is 71.2 Å². The molecule has 1 fully saturated rings. The van der Waals surface area contributed by atoms with Crippen molar-refractivity contribution in [2.45, 2.75) is 25.7 Å². The number of nitrogens with zero attached hydrogens (tertiary/aromatic N) is 2. The molecule has 0 radical (unpaired) electrons. The first-order valence-corrected chi connectivity index (χ1v) is 6.93. The van der Waals surface area contributed by atoms with E-state index in [4.69, 9.17) is 5.84 Å². The number of hydrogen-bond donors (Lipinski definition) is 2. The molecule has 3 N–H and O–H groups in total. The third-order valence-electron chi connectivity index (χ3n) is 3.11. The lowest BCUT2D eigenvalue weighted by Gasteiger charge is -2.21. The van der Waals surface area contributed by atoms with Crippen LogP contribution in [0.15, 0.2) is 16.7 Å². The van der Waals surface area contributed by atoms with Crippen molar-refractivity contribution in [1.29, 1.82) is 0 Å². The number of anilines is 1. The maximum Gasteiger partial charge on any atom is 0.257 e. The smallest absolute Gasteiger partial charge is 0.257 e. The number of hydrogen-bond acceptors (Lipinski definition) is 4. The summed E-state index contributed by atoms with van der Waals surface area (Å²) >= 11 is 3.33. The molecule has 0 aliphatic carbocycles. The number of carbonyl (C=O) groups is 1. The van der Waals surface area contributed by atoms with Crippen molar-refractivity contribution in [2.75, 3.05) is 18.5 Å². The van der Waals surface area contributed by atoms with Crippen LogP contribution in [0.5, 0.6) is 0 Å². The number of aromatic nitrogens is 1. The van der Waals surface area contributed by atoms with E-state index in [0.29, 0.717) is 11.4 Å². The van der Waals surface area contributed by atoms with Crippen molar-refractivity contribution >= 4 is 27.7 Å². The Bertz CT molecular complexity index is 430. The zero-order chi connectivity index (χ0) is 13.0. The maximum absolute atomic E-state index is 12.5. The molecule has 1 aromatic rings. The van der Waals surface area contributed by atoms with Crippen LogP contribution < -0.4 is 11.3 Å². The van der Waals surface area contributed by atoms with Crippen LogP contribution in [0.3, 0.4) is 0 Å². The minimum Gasteiger partial charge on any atom is -0.339 e. The molecule has 1 aliphatic heterocycles. The normalized spacial score (nSPS) is 16.2. The van der Waals surface area contributed by atoms with Gasteiger partial charge < -0.3 is 10.3 Å². The summed E-state index contributed by atoms with van der Waals surface area (Å²) < 4.78 is 0.777. The van der Waals surface area contributed by atoms with Crippen LogP contribution in [0, 0.1) is 0 Å². The van der Waals surface area contributed by atoms with Crippen LogP contribution in [0.2, 0.25) is 0 Å². The molecule has 1 aromatic heterocycles. The zero-order valence-electron chi connectivity index (χ0n) is 10.2. The number of halogens is 1. The Morgan fingerprint density at radius 3 is 2.61 bits per heavy atom. The second kappa shape index (κ2) is 6.15. The van der Waals surface area contributed by atoms with E-state index in [1.54, 1.807) is 12.3 Å². The Balaban J connectivity index is 2.23. The van der Waals surface area contributed by atoms with Gasteiger partial charge in [-0.15, -0.1) is 0 Å². The maximum atomic E-state index is 12.5. The van der Waals surface area contributed by atoms with Gasteiger partial charge in [0.1, 0.15) is 0 Å². The number of nitrogens with two attached hydrogens (primary N) is 1. The third-order valence-corrected chi connectivity index (χ3v) is 3.55. The number of nitrogens with one attached hydrogen (secondary N) is 1. The zero-order valence-corrected chi connectivity index (χ0v) is 11.7. The first-order valence-electron chi connectivity index (χ1n) is 6.14. The van der Waals surface area contributed by atoms with Gasteiger partial charge in [-0.2, -0.15) is 0 Å². The summed E-state index contributed by atoms with van der Waals surface area (Å²) in [6.07, 6.45) is 6.15. The number of nitrogen functional groups attached to an aromatic ring is 1. The van der Waals surface area contributed by atoms with Gasteiger partial charge in [-0.3, -0.25) is 4.79 Å². The van der Waals surface area contributed by atoms with E-state index in [2.05, 4.69) is 26.3 Å². The minimum absolute atomic E-state index is 0.00125. The summed E-state index contributed by atoms with van der Waals surface area (Å²) in [6.45, 7) is 1.63. The van der Waals surface area contributed by atoms with Gasteiger partial charge in [-0.25, -0.2) is 10.8 Å². The van der Waals surface area contributed by atoms with Gasteiger partial charge in [0, 0.05) is 23.8 Å². The van der Waals surface area contributed by atoms with Crippen LogP contribution in [-0.4, -0.2) is 28.9 Å². The van der Waals surface area contributed by atoms with E-state index in [9.17, 15) is 4.79 Å². The van der Waals surface area contributed by atoms with Crippen molar-refractivity contribution in [1.82, 2.24) is 9.88 Å². The molecule has 0 bridgehead atoms. The SMILES string of the molecule is NNc1ncc(Br)cc1C(=O)N1CCCCCC1. The van der Waals surface area contributed by atoms with Gasteiger partial charge in [0.15, 0.2) is 5.82 Å². The summed E-state index contributed by atoms with van der Waals surface area (Å²) in [5.74, 6) is 5.82. The van der Waals surface area contributed by atoms with Crippen molar-refractivity contribution in [3.8, 4) is 0 Å². The standard InChI is InChI=1S/C12H17BrN4O/c13-9-7-10(11(16-14)15-8-9)12(18)17-5-3-1-2-4-6-17/h7-8H,1-6,14H2,(H,15,16). The number of carbonyl (C=O) groups excluding carboxylic acids is 1. The second-order valence-electron chi connectivity index (χ2n) is 4.40. The average Bonchev–Trinajstić information content (AvgIpc) is 2.66. The molecule has 0 aromatic carbocycles. The number of pyridine rings is 1. The Morgan fingerprint density at radius 1 is 1.33 bits per heavy atom. The highest BCUT2D eigenvalue weighted by atomic mass is 79.9. The van der Waals surface area contributed by atoms with Crippen LogP contribution in [0.4, 0.5) is 5.82 Å². The molecule has 1 amide bonds. The summed E-state index contributed by atoms with van der Waals surface area (Å²) in [4.78, 5) is 18.4. The van der Waals surface area contributed by atoms with Crippen molar-refractivity contribution < 1.29 is 4.79 Å². The van der Waals surface area contributed by atoms with Crippen LogP contribution >= 0.6 is 15.9 Å². The summed E-state index contributed by atoms with van der Waals surface area (Å²) in [5.41, 5.74) is 3.00. The monoisotopic (exact) mass is 312 g/mol. The molecule has 5 nitrogen and oxygen atoms in total. The Morgan fingerprint density at radius 2 is 2.00 bits per heavy atom. The number of amides is 1. The van der Waals surface area contributed by atoms with E-state index >= 15 is 0 Å². The predicted molar refractivity (Wildman–Crippen MR) is 74.1 cm³/mol. The molecule has 0 spiro atoms. The highest BCUT2D eigenvalue weighted by molar-refractivity contribution is 9.10. The van der Waals surface area contributed by atoms with E-state index in [1.165, 1.54) is 12.8 Å². The molecule has 1 saturated heterocycles. The largest absolute Gasteiger partial charge is 0.339 e. The molecular formula is C12H17BrN4O. The second-order valence-corrected chi connectivity index (χ2v) is 5.32. The molecular weight excluding hydrogens is 296 g/mol. The van der Waals surface area contributed by atoms with Gasteiger partial charge in [0.25, 0.3) is 5.91 Å². The highest BCUT2D eigenvalue weighted by Crippen LogP contribution is 2.21. The summed E-state index contributed by atoms with van der Waals surface area (Å²) in [6, 6.07) is 1.76. The van der Waals surface area contributed by atoms with E-state index in [-0.39, 0.29) is 5.91 Å². The van der Waals surface area contributed by atoms with Gasteiger partial charge in [0.05, 0.1) is 5.56 Å².